The van der Waals surface area contributed by atoms with Crippen LogP contribution in [-0.4, -0.2) is 64.3 Å². The van der Waals surface area contributed by atoms with E-state index in [2.05, 4.69) is 27.0 Å². The molecule has 2 N–H and O–H groups in total. The first-order valence-corrected chi connectivity index (χ1v) is 9.10. The fourth-order valence-corrected chi connectivity index (χ4v) is 2.40. The number of likely N-dealkylation sites (N-methyl/N-ethyl adjacent to an activating group) is 1. The van der Waals surface area contributed by atoms with Crippen LogP contribution in [0.3, 0.4) is 0 Å². The first-order chi connectivity index (χ1) is 14.4. The smallest absolute Gasteiger partial charge is 0.328 e. The summed E-state index contributed by atoms with van der Waals surface area (Å²) in [5.41, 5.74) is 2.88. The van der Waals surface area contributed by atoms with Crippen molar-refractivity contribution in [3.05, 3.63) is 66.7 Å². The Hall–Kier alpha value is -3.78. The van der Waals surface area contributed by atoms with E-state index in [1.165, 1.54) is 0 Å². The average Bonchev–Trinajstić information content (AvgIpc) is 2.72. The molecule has 3 aromatic rings. The van der Waals surface area contributed by atoms with Gasteiger partial charge < -0.3 is 19.8 Å². The molecule has 0 atom stereocenters. The molecule has 156 valence electrons. The van der Waals surface area contributed by atoms with Crippen molar-refractivity contribution in [1.29, 1.82) is 0 Å². The summed E-state index contributed by atoms with van der Waals surface area (Å²) in [6.45, 7) is 1.40. The van der Waals surface area contributed by atoms with E-state index in [0.29, 0.717) is 24.8 Å². The van der Waals surface area contributed by atoms with Gasteiger partial charge in [-0.3, -0.25) is 0 Å². The normalized spacial score (nSPS) is 10.6. The molecule has 2 aromatic carbocycles. The van der Waals surface area contributed by atoms with Crippen molar-refractivity contribution in [3.63, 3.8) is 0 Å². The summed E-state index contributed by atoms with van der Waals surface area (Å²) in [6.07, 6.45) is 1.12. The van der Waals surface area contributed by atoms with Gasteiger partial charge in [0.15, 0.2) is 0 Å². The van der Waals surface area contributed by atoms with Gasteiger partial charge in [0, 0.05) is 29.6 Å². The Morgan fingerprint density at radius 3 is 2.13 bits per heavy atom. The maximum absolute atomic E-state index is 9.55. The molecule has 8 heteroatoms. The van der Waals surface area contributed by atoms with Crippen LogP contribution in [0, 0.1) is 0 Å². The highest BCUT2D eigenvalue weighted by Gasteiger charge is 2.10. The summed E-state index contributed by atoms with van der Waals surface area (Å²) in [6, 6.07) is 18.6. The third-order valence-corrected chi connectivity index (χ3v) is 3.77. The van der Waals surface area contributed by atoms with Crippen molar-refractivity contribution in [2.75, 3.05) is 27.2 Å². The molecule has 0 radical (unpaired) electrons. The first kappa shape index (κ1) is 22.5. The Bertz CT molecular complexity index is 1000. The molecule has 0 saturated carbocycles. The van der Waals surface area contributed by atoms with Gasteiger partial charge in [-0.2, -0.15) is 9.97 Å². The fourth-order valence-electron chi connectivity index (χ4n) is 2.40. The molecule has 0 aliphatic rings. The Labute approximate surface area is 174 Å². The largest absolute Gasteiger partial charge is 0.478 e. The molecule has 0 unspecified atom stereocenters. The first-order valence-electron chi connectivity index (χ1n) is 9.10. The molecule has 0 amide bonds. The molecule has 1 aromatic heterocycles. The molecule has 0 fully saturated rings. The van der Waals surface area contributed by atoms with E-state index in [0.717, 1.165) is 28.7 Å². The maximum Gasteiger partial charge on any atom is 0.328 e. The molecule has 0 saturated heterocycles. The summed E-state index contributed by atoms with van der Waals surface area (Å²) in [4.78, 5) is 30.3. The minimum absolute atomic E-state index is 0.430. The predicted molar refractivity (Wildman–Crippen MR) is 113 cm³/mol. The second-order valence-electron chi connectivity index (χ2n) is 6.40. The number of ether oxygens (including phenoxy) is 1. The van der Waals surface area contributed by atoms with Gasteiger partial charge >= 0.3 is 17.9 Å². The lowest BCUT2D eigenvalue weighted by molar-refractivity contribution is -0.134. The van der Waals surface area contributed by atoms with E-state index in [1.807, 2.05) is 56.6 Å². The Balaban J connectivity index is 0.000000343. The number of hydrogen-bond donors (Lipinski definition) is 2. The van der Waals surface area contributed by atoms with Gasteiger partial charge in [-0.25, -0.2) is 9.59 Å². The highest BCUT2D eigenvalue weighted by molar-refractivity contribution is 5.92. The number of hydrogen-bond acceptors (Lipinski definition) is 6. The number of aliphatic carboxylic acids is 2. The van der Waals surface area contributed by atoms with Crippen LogP contribution in [-0.2, 0) is 9.59 Å². The van der Waals surface area contributed by atoms with Gasteiger partial charge in [0.1, 0.15) is 6.61 Å². The van der Waals surface area contributed by atoms with Gasteiger partial charge in [-0.15, -0.1) is 0 Å². The molecule has 0 bridgehead atoms. The zero-order valence-electron chi connectivity index (χ0n) is 16.7. The summed E-state index contributed by atoms with van der Waals surface area (Å²) < 4.78 is 5.72. The van der Waals surface area contributed by atoms with E-state index in [-0.39, 0.29) is 0 Å². The fraction of sp³-hybridized carbons (Fsp3) is 0.182. The minimum Gasteiger partial charge on any atom is -0.478 e. The summed E-state index contributed by atoms with van der Waals surface area (Å²) in [5, 5.41) is 16.7. The number of benzene rings is 2. The highest BCUT2D eigenvalue weighted by atomic mass is 16.5. The lowest BCUT2D eigenvalue weighted by Gasteiger charge is -2.12. The van der Waals surface area contributed by atoms with Crippen LogP contribution in [0.5, 0.6) is 6.01 Å². The highest BCUT2D eigenvalue weighted by Crippen LogP contribution is 2.27. The van der Waals surface area contributed by atoms with Gasteiger partial charge in [-0.1, -0.05) is 48.5 Å². The van der Waals surface area contributed by atoms with Crippen LogP contribution in [0.25, 0.3) is 22.2 Å². The zero-order chi connectivity index (χ0) is 21.9. The lowest BCUT2D eigenvalue weighted by Crippen LogP contribution is -2.20. The van der Waals surface area contributed by atoms with Crippen LogP contribution in [0.1, 0.15) is 0 Å². The van der Waals surface area contributed by atoms with E-state index in [4.69, 9.17) is 14.9 Å². The molecule has 8 nitrogen and oxygen atoms in total. The van der Waals surface area contributed by atoms with Gasteiger partial charge in [0.25, 0.3) is 0 Å². The molecular weight excluding hydrogens is 386 g/mol. The Morgan fingerprint density at radius 2 is 1.53 bits per heavy atom. The van der Waals surface area contributed by atoms with Gasteiger partial charge in [0.05, 0.1) is 11.2 Å². The number of carbonyl (C=O) groups is 2. The predicted octanol–water partition coefficient (Wildman–Crippen LogP) is 2.95. The summed E-state index contributed by atoms with van der Waals surface area (Å²) >= 11 is 0. The van der Waals surface area contributed by atoms with Crippen LogP contribution in [0.15, 0.2) is 66.7 Å². The van der Waals surface area contributed by atoms with Crippen molar-refractivity contribution in [3.8, 4) is 17.3 Å². The SMILES string of the molecule is CN(C)CCOc1nc(-c2ccccc2)c2ccccc2n1.O=C(O)/C=C\C(=O)O. The van der Waals surface area contributed by atoms with Crippen molar-refractivity contribution in [2.45, 2.75) is 0 Å². The standard InChI is InChI=1S/C18H19N3O.C4H4O4/c1-21(2)12-13-22-18-19-16-11-7-6-10-15(16)17(20-18)14-8-4-3-5-9-14;5-3(6)1-2-4(7)8/h3-11H,12-13H2,1-2H3;1-2H,(H,5,6)(H,7,8)/b;2-1-. The van der Waals surface area contributed by atoms with Crippen molar-refractivity contribution in [1.82, 2.24) is 14.9 Å². The second kappa shape index (κ2) is 11.3. The summed E-state index contributed by atoms with van der Waals surface area (Å²) in [5.74, 6) is -2.51. The third-order valence-electron chi connectivity index (χ3n) is 3.77. The molecular formula is C22H23N3O5. The van der Waals surface area contributed by atoms with E-state index < -0.39 is 11.9 Å². The number of para-hydroxylation sites is 1. The number of nitrogens with zero attached hydrogens (tertiary/aromatic N) is 3. The van der Waals surface area contributed by atoms with Gasteiger partial charge in [-0.05, 0) is 20.2 Å². The number of carboxylic acids is 2. The number of aromatic nitrogens is 2. The van der Waals surface area contributed by atoms with E-state index in [1.54, 1.807) is 0 Å². The molecule has 0 aliphatic carbocycles. The molecule has 30 heavy (non-hydrogen) atoms. The van der Waals surface area contributed by atoms with Crippen molar-refractivity contribution < 1.29 is 24.5 Å². The van der Waals surface area contributed by atoms with Crippen molar-refractivity contribution in [2.24, 2.45) is 0 Å². The second-order valence-corrected chi connectivity index (χ2v) is 6.40. The minimum atomic E-state index is -1.26. The van der Waals surface area contributed by atoms with Crippen LogP contribution < -0.4 is 4.74 Å². The number of rotatable bonds is 7. The van der Waals surface area contributed by atoms with Gasteiger partial charge in [0.2, 0.25) is 0 Å². The van der Waals surface area contributed by atoms with E-state index in [9.17, 15) is 9.59 Å². The summed E-state index contributed by atoms with van der Waals surface area (Å²) in [7, 11) is 4.03. The number of fused-ring (bicyclic) bond motifs is 1. The average molecular weight is 409 g/mol. The third kappa shape index (κ3) is 7.33. The maximum atomic E-state index is 9.55. The number of carboxylic acid groups (broad SMARTS) is 2. The van der Waals surface area contributed by atoms with Crippen LogP contribution >= 0.6 is 0 Å². The topological polar surface area (TPSA) is 113 Å². The quantitative estimate of drug-likeness (QED) is 0.573. The lowest BCUT2D eigenvalue weighted by atomic mass is 10.1. The molecule has 1 heterocycles. The Morgan fingerprint density at radius 1 is 0.933 bits per heavy atom. The molecule has 0 aliphatic heterocycles. The molecule has 0 spiro atoms. The van der Waals surface area contributed by atoms with Crippen LogP contribution in [0.2, 0.25) is 0 Å². The van der Waals surface area contributed by atoms with Crippen molar-refractivity contribution >= 4 is 22.8 Å². The zero-order valence-corrected chi connectivity index (χ0v) is 16.7. The Kier molecular flexibility index (Phi) is 8.46. The van der Waals surface area contributed by atoms with E-state index >= 15 is 0 Å². The molecule has 3 rings (SSSR count). The monoisotopic (exact) mass is 409 g/mol. The van der Waals surface area contributed by atoms with Crippen LogP contribution in [0.4, 0.5) is 0 Å².